The molecule has 1 N–H and O–H groups in total. The normalized spacial score (nSPS) is 14.0. The largest absolute Gasteiger partial charge is 0.494 e. The molecule has 1 aliphatic carbocycles. The van der Waals surface area contributed by atoms with Crippen molar-refractivity contribution in [3.63, 3.8) is 0 Å². The second-order valence-electron chi connectivity index (χ2n) is 9.91. The number of aromatic nitrogens is 4. The molecule has 1 saturated carbocycles. The number of rotatable bonds is 8. The Bertz CT molecular complexity index is 1640. The first kappa shape index (κ1) is 25.4. The zero-order chi connectivity index (χ0) is 27.0. The molecule has 2 heterocycles. The zero-order valence-electron chi connectivity index (χ0n) is 21.8. The molecule has 2 aromatic heterocycles. The molecule has 0 unspecified atom stereocenters. The Kier molecular flexibility index (Phi) is 6.88. The number of benzene rings is 2. The standard InChI is InChI=1S/C28H31N5O5/c1-4-38-21-12-9-18(10-13-21)24(34)16-31-28(37)33-23-15-19(25(35)29-20-7-5-6-8-20)11-14-22(23)26(36)32(17(2)3)27(33)30-31/h9-15,17,20H,4-8,16H2,1-3H3,(H,29,35). The number of ketones is 1. The van der Waals surface area contributed by atoms with E-state index in [4.69, 9.17) is 4.74 Å². The summed E-state index contributed by atoms with van der Waals surface area (Å²) in [7, 11) is 0. The van der Waals surface area contributed by atoms with Crippen molar-refractivity contribution in [2.75, 3.05) is 6.61 Å². The van der Waals surface area contributed by atoms with Crippen LogP contribution >= 0.6 is 0 Å². The third kappa shape index (κ3) is 4.62. The summed E-state index contributed by atoms with van der Waals surface area (Å²) in [4.78, 5) is 52.9. The highest BCUT2D eigenvalue weighted by atomic mass is 16.5. The van der Waals surface area contributed by atoms with Crippen molar-refractivity contribution < 1.29 is 14.3 Å². The molecule has 0 spiro atoms. The van der Waals surface area contributed by atoms with Gasteiger partial charge in [0, 0.05) is 23.2 Å². The second kappa shape index (κ2) is 10.3. The topological polar surface area (TPSA) is 117 Å². The van der Waals surface area contributed by atoms with E-state index in [1.165, 1.54) is 8.97 Å². The van der Waals surface area contributed by atoms with Crippen LogP contribution in [0.1, 0.15) is 73.2 Å². The van der Waals surface area contributed by atoms with E-state index in [9.17, 15) is 19.2 Å². The fraction of sp³-hybridized carbons (Fsp3) is 0.393. The molecule has 0 atom stereocenters. The number of amides is 1. The molecule has 38 heavy (non-hydrogen) atoms. The van der Waals surface area contributed by atoms with Crippen LogP contribution in [-0.4, -0.2) is 43.1 Å². The van der Waals surface area contributed by atoms with Crippen molar-refractivity contribution in [2.45, 2.75) is 65.1 Å². The highest BCUT2D eigenvalue weighted by Gasteiger charge is 2.23. The Balaban J connectivity index is 1.59. The lowest BCUT2D eigenvalue weighted by atomic mass is 10.1. The van der Waals surface area contributed by atoms with Gasteiger partial charge in [-0.1, -0.05) is 12.8 Å². The van der Waals surface area contributed by atoms with Crippen molar-refractivity contribution in [1.82, 2.24) is 24.1 Å². The lowest BCUT2D eigenvalue weighted by Gasteiger charge is -2.14. The van der Waals surface area contributed by atoms with Crippen molar-refractivity contribution in [2.24, 2.45) is 0 Å². The fourth-order valence-corrected chi connectivity index (χ4v) is 5.06. The Hall–Kier alpha value is -4.21. The maximum absolute atomic E-state index is 13.6. The van der Waals surface area contributed by atoms with E-state index < -0.39 is 5.69 Å². The summed E-state index contributed by atoms with van der Waals surface area (Å²) in [5.41, 5.74) is 0.171. The minimum atomic E-state index is -0.563. The van der Waals surface area contributed by atoms with Crippen LogP contribution < -0.4 is 21.3 Å². The quantitative estimate of drug-likeness (QED) is 0.358. The predicted octanol–water partition coefficient (Wildman–Crippen LogP) is 3.35. The van der Waals surface area contributed by atoms with Gasteiger partial charge < -0.3 is 10.1 Å². The molecule has 4 aromatic rings. The van der Waals surface area contributed by atoms with Gasteiger partial charge in [-0.05, 0) is 76.1 Å². The monoisotopic (exact) mass is 517 g/mol. The Morgan fingerprint density at radius 2 is 1.74 bits per heavy atom. The maximum atomic E-state index is 13.6. The molecule has 0 bridgehead atoms. The lowest BCUT2D eigenvalue weighted by molar-refractivity contribution is 0.0936. The molecule has 10 nitrogen and oxygen atoms in total. The summed E-state index contributed by atoms with van der Waals surface area (Å²) in [6, 6.07) is 11.3. The lowest BCUT2D eigenvalue weighted by Crippen LogP contribution is -2.33. The van der Waals surface area contributed by atoms with E-state index in [1.54, 1.807) is 42.5 Å². The summed E-state index contributed by atoms with van der Waals surface area (Å²) in [5, 5.41) is 7.74. The molecule has 1 aliphatic rings. The molecule has 5 rings (SSSR count). The van der Waals surface area contributed by atoms with Crippen LogP contribution in [0, 0.1) is 0 Å². The van der Waals surface area contributed by atoms with Gasteiger partial charge in [-0.3, -0.25) is 19.0 Å². The molecule has 2 aromatic carbocycles. The number of carbonyl (C=O) groups is 2. The van der Waals surface area contributed by atoms with E-state index in [0.29, 0.717) is 28.9 Å². The fourth-order valence-electron chi connectivity index (χ4n) is 5.06. The molecule has 10 heteroatoms. The van der Waals surface area contributed by atoms with Crippen LogP contribution in [-0.2, 0) is 6.54 Å². The summed E-state index contributed by atoms with van der Waals surface area (Å²) >= 11 is 0. The predicted molar refractivity (Wildman–Crippen MR) is 143 cm³/mol. The van der Waals surface area contributed by atoms with Crippen molar-refractivity contribution >= 4 is 28.4 Å². The summed E-state index contributed by atoms with van der Waals surface area (Å²) < 4.78 is 9.24. The second-order valence-corrected chi connectivity index (χ2v) is 9.91. The smallest absolute Gasteiger partial charge is 0.352 e. The number of hydrogen-bond acceptors (Lipinski definition) is 6. The average Bonchev–Trinajstić information content (AvgIpc) is 3.52. The third-order valence-electron chi connectivity index (χ3n) is 6.98. The van der Waals surface area contributed by atoms with Gasteiger partial charge in [0.05, 0.1) is 17.5 Å². The number of nitrogens with zero attached hydrogens (tertiary/aromatic N) is 4. The van der Waals surface area contributed by atoms with E-state index in [2.05, 4.69) is 10.4 Å². The number of nitrogens with one attached hydrogen (secondary N) is 1. The third-order valence-corrected chi connectivity index (χ3v) is 6.98. The van der Waals surface area contributed by atoms with Gasteiger partial charge in [-0.2, -0.15) is 0 Å². The minimum absolute atomic E-state index is 0.121. The first-order chi connectivity index (χ1) is 18.3. The SMILES string of the molecule is CCOc1ccc(C(=O)Cn2nc3n(C(C)C)c(=O)c4ccc(C(=O)NC5CCCC5)cc4n3c2=O)cc1. The van der Waals surface area contributed by atoms with E-state index in [1.807, 2.05) is 20.8 Å². The molecule has 198 valence electrons. The molecule has 1 amide bonds. The van der Waals surface area contributed by atoms with Crippen LogP contribution in [0.2, 0.25) is 0 Å². The number of ether oxygens (including phenoxy) is 1. The number of fused-ring (bicyclic) bond motifs is 3. The Labute approximate surface area is 218 Å². The van der Waals surface area contributed by atoms with Crippen LogP contribution in [0.4, 0.5) is 0 Å². The molecular formula is C28H31N5O5. The van der Waals surface area contributed by atoms with Gasteiger partial charge in [0.2, 0.25) is 5.78 Å². The molecule has 1 fully saturated rings. The van der Waals surface area contributed by atoms with Gasteiger partial charge in [-0.25, -0.2) is 13.9 Å². The molecule has 0 aliphatic heterocycles. The maximum Gasteiger partial charge on any atom is 0.352 e. The van der Waals surface area contributed by atoms with Gasteiger partial charge >= 0.3 is 5.69 Å². The molecule has 0 radical (unpaired) electrons. The van der Waals surface area contributed by atoms with Gasteiger partial charge in [0.15, 0.2) is 5.78 Å². The zero-order valence-corrected chi connectivity index (χ0v) is 21.8. The molecular weight excluding hydrogens is 486 g/mol. The summed E-state index contributed by atoms with van der Waals surface area (Å²) in [6.45, 7) is 5.74. The van der Waals surface area contributed by atoms with Crippen molar-refractivity contribution in [3.8, 4) is 5.75 Å². The Morgan fingerprint density at radius 3 is 2.39 bits per heavy atom. The van der Waals surface area contributed by atoms with Gasteiger partial charge in [-0.15, -0.1) is 5.10 Å². The summed E-state index contributed by atoms with van der Waals surface area (Å²) in [5.74, 6) is 0.216. The van der Waals surface area contributed by atoms with Crippen molar-refractivity contribution in [1.29, 1.82) is 0 Å². The van der Waals surface area contributed by atoms with Gasteiger partial charge in [0.1, 0.15) is 12.3 Å². The van der Waals surface area contributed by atoms with Crippen LogP contribution in [0.3, 0.4) is 0 Å². The highest BCUT2D eigenvalue weighted by molar-refractivity contribution is 5.98. The van der Waals surface area contributed by atoms with Crippen LogP contribution in [0.15, 0.2) is 52.1 Å². The van der Waals surface area contributed by atoms with E-state index in [0.717, 1.165) is 30.4 Å². The average molecular weight is 518 g/mol. The number of carbonyl (C=O) groups excluding carboxylic acids is 2. The van der Waals surface area contributed by atoms with Crippen molar-refractivity contribution in [3.05, 3.63) is 74.4 Å². The first-order valence-electron chi connectivity index (χ1n) is 13.0. The Morgan fingerprint density at radius 1 is 1.05 bits per heavy atom. The van der Waals surface area contributed by atoms with E-state index in [-0.39, 0.29) is 47.2 Å². The first-order valence-corrected chi connectivity index (χ1v) is 13.0. The minimum Gasteiger partial charge on any atom is -0.494 e. The highest BCUT2D eigenvalue weighted by Crippen LogP contribution is 2.20. The van der Waals surface area contributed by atoms with Gasteiger partial charge in [0.25, 0.3) is 11.5 Å². The van der Waals surface area contributed by atoms with Crippen LogP contribution in [0.25, 0.3) is 16.7 Å². The number of hydrogen-bond donors (Lipinski definition) is 1. The number of Topliss-reactive ketones (excluding diaryl/α,β-unsaturated/α-hetero) is 1. The van der Waals surface area contributed by atoms with E-state index >= 15 is 0 Å². The van der Waals surface area contributed by atoms with Crippen LogP contribution in [0.5, 0.6) is 5.75 Å². The molecule has 0 saturated heterocycles. The summed E-state index contributed by atoms with van der Waals surface area (Å²) in [6.07, 6.45) is 4.05.